The largest absolute Gasteiger partial charge is 0.497 e. The molecule has 0 spiro atoms. The van der Waals surface area contributed by atoms with Crippen LogP contribution >= 0.6 is 11.3 Å². The lowest BCUT2D eigenvalue weighted by molar-refractivity contribution is -0.143. The van der Waals surface area contributed by atoms with Crippen molar-refractivity contribution < 1.29 is 33.4 Å². The zero-order chi connectivity index (χ0) is 27.8. The van der Waals surface area contributed by atoms with Crippen LogP contribution in [0.3, 0.4) is 0 Å². The van der Waals surface area contributed by atoms with E-state index in [1.165, 1.54) is 24.0 Å². The van der Waals surface area contributed by atoms with Gasteiger partial charge in [-0.05, 0) is 67.5 Å². The van der Waals surface area contributed by atoms with Crippen LogP contribution in [0.1, 0.15) is 68.8 Å². The number of esters is 2. The fourth-order valence-electron chi connectivity index (χ4n) is 4.59. The molecule has 3 aromatic rings. The van der Waals surface area contributed by atoms with Gasteiger partial charge in [-0.15, -0.1) is 11.3 Å². The number of hydrogen-bond donors (Lipinski definition) is 1. The number of carbonyl (C=O) groups excluding carboxylic acids is 4. The van der Waals surface area contributed by atoms with Crippen molar-refractivity contribution >= 4 is 40.0 Å². The Labute approximate surface area is 231 Å². The predicted octanol–water partition coefficient (Wildman–Crippen LogP) is 5.35. The van der Waals surface area contributed by atoms with Crippen molar-refractivity contribution in [2.75, 3.05) is 25.6 Å². The number of anilines is 1. The van der Waals surface area contributed by atoms with Crippen LogP contribution in [0.15, 0.2) is 54.6 Å². The van der Waals surface area contributed by atoms with Crippen molar-refractivity contribution in [2.45, 2.75) is 44.9 Å². The van der Waals surface area contributed by atoms with E-state index in [4.69, 9.17) is 14.2 Å². The van der Waals surface area contributed by atoms with Crippen molar-refractivity contribution in [3.05, 3.63) is 81.7 Å². The molecule has 0 aliphatic heterocycles. The van der Waals surface area contributed by atoms with Crippen molar-refractivity contribution in [2.24, 2.45) is 0 Å². The molecule has 1 aliphatic carbocycles. The van der Waals surface area contributed by atoms with Gasteiger partial charge in [0, 0.05) is 16.9 Å². The highest BCUT2D eigenvalue weighted by atomic mass is 32.1. The third-order valence-electron chi connectivity index (χ3n) is 6.60. The van der Waals surface area contributed by atoms with Gasteiger partial charge in [-0.25, -0.2) is 4.79 Å². The highest BCUT2D eigenvalue weighted by Crippen LogP contribution is 2.42. The lowest BCUT2D eigenvalue weighted by Gasteiger charge is -2.23. The average molecular weight is 550 g/mol. The second-order valence-corrected chi connectivity index (χ2v) is 10.2. The molecule has 204 valence electrons. The van der Waals surface area contributed by atoms with Crippen LogP contribution in [0.5, 0.6) is 5.75 Å². The molecule has 2 aromatic carbocycles. The van der Waals surface area contributed by atoms with Crippen molar-refractivity contribution in [3.63, 3.8) is 0 Å². The fraction of sp³-hybridized carbons (Fsp3) is 0.333. The smallest absolute Gasteiger partial charge is 0.341 e. The first kappa shape index (κ1) is 28.0. The van der Waals surface area contributed by atoms with Crippen molar-refractivity contribution in [1.29, 1.82) is 0 Å². The molecule has 0 saturated carbocycles. The summed E-state index contributed by atoms with van der Waals surface area (Å²) in [5.74, 6) is -0.937. The van der Waals surface area contributed by atoms with Gasteiger partial charge in [0.05, 0.1) is 25.7 Å². The topological polar surface area (TPSA) is 108 Å². The van der Waals surface area contributed by atoms with E-state index in [2.05, 4.69) is 17.4 Å². The summed E-state index contributed by atoms with van der Waals surface area (Å²) in [7, 11) is 1.53. The van der Waals surface area contributed by atoms with Crippen LogP contribution in [-0.2, 0) is 31.9 Å². The minimum Gasteiger partial charge on any atom is -0.497 e. The van der Waals surface area contributed by atoms with Gasteiger partial charge in [0.2, 0.25) is 5.91 Å². The van der Waals surface area contributed by atoms with Crippen molar-refractivity contribution in [3.8, 4) is 5.75 Å². The SMILES string of the molecule is CCOC(=O)c1c(NC(=O)CCC(=O)OCC(=O)c2ccc(OC)cc2)sc2c1CCC(c1ccccc1)C2. The number of fused-ring (bicyclic) bond motifs is 1. The molecule has 1 unspecified atom stereocenters. The van der Waals surface area contributed by atoms with Gasteiger partial charge < -0.3 is 19.5 Å². The van der Waals surface area contributed by atoms with E-state index in [1.807, 2.05) is 18.2 Å². The Morgan fingerprint density at radius 1 is 0.974 bits per heavy atom. The molecule has 0 fully saturated rings. The van der Waals surface area contributed by atoms with E-state index < -0.39 is 24.5 Å². The van der Waals surface area contributed by atoms with Gasteiger partial charge in [-0.2, -0.15) is 0 Å². The van der Waals surface area contributed by atoms with Crippen LogP contribution in [-0.4, -0.2) is 44.0 Å². The van der Waals surface area contributed by atoms with E-state index in [0.29, 0.717) is 34.2 Å². The predicted molar refractivity (Wildman–Crippen MR) is 148 cm³/mol. The van der Waals surface area contributed by atoms with Gasteiger partial charge >= 0.3 is 11.9 Å². The number of methoxy groups -OCH3 is 1. The number of amides is 1. The van der Waals surface area contributed by atoms with Gasteiger partial charge in [0.1, 0.15) is 10.8 Å². The Balaban J connectivity index is 1.35. The molecular weight excluding hydrogens is 518 g/mol. The molecular formula is C30H31NO7S. The molecule has 1 heterocycles. The number of thiophene rings is 1. The first-order chi connectivity index (χ1) is 18.9. The first-order valence-electron chi connectivity index (χ1n) is 12.9. The maximum Gasteiger partial charge on any atom is 0.341 e. The molecule has 1 N–H and O–H groups in total. The highest BCUT2D eigenvalue weighted by molar-refractivity contribution is 7.17. The molecule has 0 radical (unpaired) electrons. The second kappa shape index (κ2) is 13.2. The second-order valence-electron chi connectivity index (χ2n) is 9.14. The number of ether oxygens (including phenoxy) is 3. The average Bonchev–Trinajstić information content (AvgIpc) is 3.32. The number of ketones is 1. The lowest BCUT2D eigenvalue weighted by atomic mass is 9.83. The van der Waals surface area contributed by atoms with Gasteiger partial charge in [0.25, 0.3) is 0 Å². The van der Waals surface area contributed by atoms with E-state index in [0.717, 1.165) is 23.3 Å². The maximum absolute atomic E-state index is 12.8. The minimum absolute atomic E-state index is 0.146. The summed E-state index contributed by atoms with van der Waals surface area (Å²) in [4.78, 5) is 51.0. The number of hydrogen-bond acceptors (Lipinski definition) is 8. The number of Topliss-reactive ketones (excluding diaryl/α,β-unsaturated/α-hetero) is 1. The molecule has 1 atom stereocenters. The van der Waals surface area contributed by atoms with Crippen LogP contribution in [0.25, 0.3) is 0 Å². The van der Waals surface area contributed by atoms with E-state index in [1.54, 1.807) is 31.2 Å². The molecule has 8 nitrogen and oxygen atoms in total. The minimum atomic E-state index is -0.659. The van der Waals surface area contributed by atoms with Gasteiger partial charge in [-0.1, -0.05) is 30.3 Å². The molecule has 39 heavy (non-hydrogen) atoms. The van der Waals surface area contributed by atoms with Crippen LogP contribution in [0.4, 0.5) is 5.00 Å². The Morgan fingerprint density at radius 2 is 1.72 bits per heavy atom. The summed E-state index contributed by atoms with van der Waals surface area (Å²) in [6, 6.07) is 16.7. The number of benzene rings is 2. The Bertz CT molecular complexity index is 1330. The van der Waals surface area contributed by atoms with Crippen LogP contribution < -0.4 is 10.1 Å². The Hall–Kier alpha value is -3.98. The summed E-state index contributed by atoms with van der Waals surface area (Å²) in [5.41, 5.74) is 2.98. The summed E-state index contributed by atoms with van der Waals surface area (Å²) in [6.07, 6.45) is 2.05. The molecule has 1 aliphatic rings. The number of rotatable bonds is 11. The zero-order valence-corrected chi connectivity index (χ0v) is 22.8. The fourth-order valence-corrected chi connectivity index (χ4v) is 5.92. The van der Waals surface area contributed by atoms with Gasteiger partial charge in [0.15, 0.2) is 12.4 Å². The standard InChI is InChI=1S/C30H31NO7S/c1-3-37-30(35)28-23-14-11-21(19-7-5-4-6-8-19)17-25(23)39-29(28)31-26(33)15-16-27(34)38-18-24(32)20-9-12-22(36-2)13-10-20/h4-10,12-13,21H,3,11,14-18H2,1-2H3,(H,31,33). The third-order valence-corrected chi connectivity index (χ3v) is 7.77. The first-order valence-corrected chi connectivity index (χ1v) is 13.7. The monoisotopic (exact) mass is 549 g/mol. The number of nitrogens with one attached hydrogen (secondary N) is 1. The van der Waals surface area contributed by atoms with E-state index in [-0.39, 0.29) is 25.2 Å². The molecule has 0 bridgehead atoms. The zero-order valence-electron chi connectivity index (χ0n) is 22.0. The lowest BCUT2D eigenvalue weighted by Crippen LogP contribution is -2.19. The summed E-state index contributed by atoms with van der Waals surface area (Å²) < 4.78 is 15.4. The summed E-state index contributed by atoms with van der Waals surface area (Å²) in [6.45, 7) is 1.55. The molecule has 4 rings (SSSR count). The number of carbonyl (C=O) groups is 4. The molecule has 1 aromatic heterocycles. The maximum atomic E-state index is 12.8. The van der Waals surface area contributed by atoms with Crippen molar-refractivity contribution in [1.82, 2.24) is 0 Å². The third kappa shape index (κ3) is 7.11. The highest BCUT2D eigenvalue weighted by Gasteiger charge is 2.31. The summed E-state index contributed by atoms with van der Waals surface area (Å²) in [5, 5.41) is 3.26. The van der Waals surface area contributed by atoms with E-state index in [9.17, 15) is 19.2 Å². The van der Waals surface area contributed by atoms with Gasteiger partial charge in [-0.3, -0.25) is 14.4 Å². The van der Waals surface area contributed by atoms with Crippen LogP contribution in [0.2, 0.25) is 0 Å². The van der Waals surface area contributed by atoms with E-state index >= 15 is 0 Å². The molecule has 0 saturated heterocycles. The molecule has 9 heteroatoms. The quantitative estimate of drug-likeness (QED) is 0.254. The Kier molecular flexibility index (Phi) is 9.49. The Morgan fingerprint density at radius 3 is 2.41 bits per heavy atom. The van der Waals surface area contributed by atoms with Crippen LogP contribution in [0, 0.1) is 0 Å². The normalized spacial score (nSPS) is 14.2. The molecule has 1 amide bonds. The summed E-state index contributed by atoms with van der Waals surface area (Å²) >= 11 is 1.39.